The van der Waals surface area contributed by atoms with Crippen LogP contribution in [0, 0.1) is 17.1 Å². The van der Waals surface area contributed by atoms with Gasteiger partial charge in [-0.15, -0.1) is 0 Å². The Bertz CT molecular complexity index is 1540. The summed E-state index contributed by atoms with van der Waals surface area (Å²) in [4.78, 5) is 40.2. The molecule has 1 saturated heterocycles. The second kappa shape index (κ2) is 10.4. The van der Waals surface area contributed by atoms with Crippen molar-refractivity contribution in [3.63, 3.8) is 0 Å². The summed E-state index contributed by atoms with van der Waals surface area (Å²) >= 11 is 6.30. The number of ether oxygens (including phenoxy) is 1. The van der Waals surface area contributed by atoms with Gasteiger partial charge >= 0.3 is 6.09 Å². The maximum absolute atomic E-state index is 14.8. The van der Waals surface area contributed by atoms with Crippen molar-refractivity contribution < 1.29 is 13.9 Å². The molecule has 0 saturated carbocycles. The molecular formula is C24H28ClFN10O3. The number of carbonyl (C=O) groups is 1. The van der Waals surface area contributed by atoms with E-state index >= 15 is 0 Å². The second-order valence-electron chi connectivity index (χ2n) is 9.93. The number of rotatable bonds is 4. The highest BCUT2D eigenvalue weighted by Crippen LogP contribution is 2.27. The lowest BCUT2D eigenvalue weighted by molar-refractivity contribution is 0.0231. The third-order valence-electron chi connectivity index (χ3n) is 5.92. The van der Waals surface area contributed by atoms with E-state index in [1.54, 1.807) is 37.6 Å². The van der Waals surface area contributed by atoms with Crippen LogP contribution in [0.15, 0.2) is 16.9 Å². The first kappa shape index (κ1) is 27.6. The van der Waals surface area contributed by atoms with Crippen LogP contribution >= 0.6 is 11.6 Å². The number of halogens is 2. The molecule has 4 rings (SSSR count). The zero-order valence-corrected chi connectivity index (χ0v) is 22.6. The van der Waals surface area contributed by atoms with Crippen LogP contribution < -0.4 is 27.4 Å². The van der Waals surface area contributed by atoms with Crippen LogP contribution in [0.1, 0.15) is 45.1 Å². The summed E-state index contributed by atoms with van der Waals surface area (Å²) in [5.41, 5.74) is 10.0. The molecule has 3 heterocycles. The molecule has 3 aromatic rings. The summed E-state index contributed by atoms with van der Waals surface area (Å²) in [7, 11) is 0. The summed E-state index contributed by atoms with van der Waals surface area (Å²) in [5.74, 6) is -0.882. The van der Waals surface area contributed by atoms with Crippen LogP contribution in [0.2, 0.25) is 5.02 Å². The lowest BCUT2D eigenvalue weighted by Gasteiger charge is -2.38. The Morgan fingerprint density at radius 1 is 1.21 bits per heavy atom. The summed E-state index contributed by atoms with van der Waals surface area (Å²) in [5, 5.41) is 14.2. The first-order valence-corrected chi connectivity index (χ1v) is 12.4. The summed E-state index contributed by atoms with van der Waals surface area (Å²) in [6.07, 6.45) is -0.463. The number of hydrogen-bond donors (Lipinski definition) is 3. The fraction of sp³-hybridized carbons (Fsp3) is 0.417. The SMILES string of the molecule is CC(Nc1nc(N)nc(N)c1C#N)c1nc2c(F)ccc(Cl)c2c(=O)n1N1CCN(C(=O)OC(C)(C)C)CC1. The van der Waals surface area contributed by atoms with Gasteiger partial charge in [0.2, 0.25) is 5.95 Å². The van der Waals surface area contributed by atoms with Crippen molar-refractivity contribution in [2.75, 3.05) is 48.0 Å². The molecule has 1 atom stereocenters. The minimum Gasteiger partial charge on any atom is -0.444 e. The molecule has 206 valence electrons. The van der Waals surface area contributed by atoms with E-state index < -0.39 is 29.1 Å². The highest BCUT2D eigenvalue weighted by molar-refractivity contribution is 6.35. The lowest BCUT2D eigenvalue weighted by Crippen LogP contribution is -2.57. The van der Waals surface area contributed by atoms with E-state index in [1.807, 2.05) is 6.07 Å². The molecule has 15 heteroatoms. The predicted octanol–water partition coefficient (Wildman–Crippen LogP) is 2.38. The Balaban J connectivity index is 1.77. The molecule has 1 fully saturated rings. The Kier molecular flexibility index (Phi) is 7.38. The fourth-order valence-corrected chi connectivity index (χ4v) is 4.40. The molecule has 39 heavy (non-hydrogen) atoms. The number of nitrogens with one attached hydrogen (secondary N) is 1. The fourth-order valence-electron chi connectivity index (χ4n) is 4.16. The molecule has 0 bridgehead atoms. The van der Waals surface area contributed by atoms with Crippen LogP contribution in [0.3, 0.4) is 0 Å². The molecule has 0 radical (unpaired) electrons. The highest BCUT2D eigenvalue weighted by atomic mass is 35.5. The van der Waals surface area contributed by atoms with Crippen molar-refractivity contribution >= 4 is 46.2 Å². The largest absolute Gasteiger partial charge is 0.444 e. The number of nitrogens with zero attached hydrogens (tertiary/aromatic N) is 7. The van der Waals surface area contributed by atoms with Crippen LogP contribution in [-0.2, 0) is 4.74 Å². The number of aromatic nitrogens is 4. The second-order valence-corrected chi connectivity index (χ2v) is 10.3. The van der Waals surface area contributed by atoms with Crippen molar-refractivity contribution in [3.05, 3.63) is 44.7 Å². The molecular weight excluding hydrogens is 531 g/mol. The number of amides is 1. The van der Waals surface area contributed by atoms with Crippen molar-refractivity contribution in [1.29, 1.82) is 5.26 Å². The van der Waals surface area contributed by atoms with Crippen molar-refractivity contribution in [1.82, 2.24) is 24.5 Å². The van der Waals surface area contributed by atoms with Gasteiger partial charge in [0.25, 0.3) is 5.56 Å². The van der Waals surface area contributed by atoms with E-state index in [4.69, 9.17) is 27.8 Å². The summed E-state index contributed by atoms with van der Waals surface area (Å²) in [6.45, 7) is 8.00. The van der Waals surface area contributed by atoms with E-state index in [1.165, 1.54) is 10.7 Å². The average molecular weight is 559 g/mol. The highest BCUT2D eigenvalue weighted by Gasteiger charge is 2.30. The zero-order valence-electron chi connectivity index (χ0n) is 21.8. The lowest BCUT2D eigenvalue weighted by atomic mass is 10.2. The van der Waals surface area contributed by atoms with Gasteiger partial charge in [-0.2, -0.15) is 15.2 Å². The molecule has 0 spiro atoms. The number of nitriles is 1. The number of nitrogens with two attached hydrogens (primary N) is 2. The van der Waals surface area contributed by atoms with E-state index in [-0.39, 0.29) is 71.1 Å². The molecule has 1 amide bonds. The van der Waals surface area contributed by atoms with Crippen molar-refractivity contribution in [2.45, 2.75) is 39.3 Å². The number of carbonyl (C=O) groups excluding carboxylic acids is 1. The van der Waals surface area contributed by atoms with Gasteiger partial charge in [-0.1, -0.05) is 11.6 Å². The van der Waals surface area contributed by atoms with E-state index in [9.17, 15) is 19.2 Å². The molecule has 5 N–H and O–H groups in total. The van der Waals surface area contributed by atoms with Gasteiger partial charge in [-0.3, -0.25) is 4.79 Å². The molecule has 1 aromatic carbocycles. The van der Waals surface area contributed by atoms with Gasteiger partial charge in [-0.05, 0) is 39.8 Å². The van der Waals surface area contributed by atoms with Gasteiger partial charge < -0.3 is 31.4 Å². The van der Waals surface area contributed by atoms with E-state index in [2.05, 4.69) is 20.3 Å². The van der Waals surface area contributed by atoms with Gasteiger partial charge in [0.05, 0.1) is 29.5 Å². The minimum absolute atomic E-state index is 0.0252. The third kappa shape index (κ3) is 5.58. The van der Waals surface area contributed by atoms with Gasteiger partial charge in [0, 0.05) is 13.1 Å². The maximum atomic E-state index is 14.8. The molecule has 1 unspecified atom stereocenters. The summed E-state index contributed by atoms with van der Waals surface area (Å²) in [6, 6.07) is 3.54. The van der Waals surface area contributed by atoms with E-state index in [0.717, 1.165) is 6.07 Å². The quantitative estimate of drug-likeness (QED) is 0.427. The Morgan fingerprint density at radius 2 is 1.87 bits per heavy atom. The first-order valence-electron chi connectivity index (χ1n) is 12.0. The van der Waals surface area contributed by atoms with Crippen molar-refractivity contribution in [2.24, 2.45) is 0 Å². The molecule has 0 aliphatic carbocycles. The van der Waals surface area contributed by atoms with E-state index in [0.29, 0.717) is 0 Å². The van der Waals surface area contributed by atoms with Crippen LogP contribution in [0.5, 0.6) is 0 Å². The van der Waals surface area contributed by atoms with Crippen LogP contribution in [0.4, 0.5) is 26.8 Å². The third-order valence-corrected chi connectivity index (χ3v) is 6.24. The standard InChI is InChI=1S/C24H28ClFN10O3/c1-12(30-19-13(11-27)18(28)32-22(29)33-19)20-31-17-15(26)6-5-14(25)16(17)21(37)36(20)35-9-7-34(8-10-35)23(38)39-24(2,3)4/h5-6,12H,7-10H2,1-4H3,(H5,28,29,30,32,33). The number of anilines is 3. The predicted molar refractivity (Wildman–Crippen MR) is 144 cm³/mol. The smallest absolute Gasteiger partial charge is 0.410 e. The van der Waals surface area contributed by atoms with Gasteiger partial charge in [0.15, 0.2) is 11.6 Å². The number of nitrogen functional groups attached to an aromatic ring is 2. The van der Waals surface area contributed by atoms with Crippen LogP contribution in [0.25, 0.3) is 10.9 Å². The summed E-state index contributed by atoms with van der Waals surface area (Å²) < 4.78 is 21.6. The minimum atomic E-state index is -0.801. The first-order chi connectivity index (χ1) is 18.3. The topological polar surface area (TPSA) is 181 Å². The normalized spacial score (nSPS) is 14.7. The zero-order chi connectivity index (χ0) is 28.6. The molecule has 1 aliphatic heterocycles. The Hall–Kier alpha value is -4.38. The number of benzene rings is 1. The molecule has 1 aliphatic rings. The molecule has 2 aromatic heterocycles. The Morgan fingerprint density at radius 3 is 2.49 bits per heavy atom. The average Bonchev–Trinajstić information content (AvgIpc) is 2.84. The van der Waals surface area contributed by atoms with Crippen molar-refractivity contribution in [3.8, 4) is 6.07 Å². The number of hydrogen-bond acceptors (Lipinski definition) is 11. The molecule has 13 nitrogen and oxygen atoms in total. The number of fused-ring (bicyclic) bond motifs is 1. The monoisotopic (exact) mass is 558 g/mol. The van der Waals surface area contributed by atoms with Gasteiger partial charge in [-0.25, -0.2) is 18.8 Å². The maximum Gasteiger partial charge on any atom is 0.410 e. The number of piperazine rings is 1. The van der Waals surface area contributed by atoms with Crippen LogP contribution in [-0.4, -0.2) is 62.4 Å². The van der Waals surface area contributed by atoms with Gasteiger partial charge in [0.1, 0.15) is 34.4 Å². The Labute approximate surface area is 228 Å².